The Morgan fingerprint density at radius 1 is 1.12 bits per heavy atom. The minimum absolute atomic E-state index is 0.505. The molecule has 0 saturated heterocycles. The van der Waals surface area contributed by atoms with Gasteiger partial charge in [-0.15, -0.1) is 0 Å². The van der Waals surface area contributed by atoms with E-state index < -0.39 is 0 Å². The Labute approximate surface area is 95.6 Å². The summed E-state index contributed by atoms with van der Waals surface area (Å²) in [6, 6.07) is 5.90. The maximum Gasteiger partial charge on any atom is 0.160 e. The van der Waals surface area contributed by atoms with Crippen LogP contribution in [-0.2, 0) is 0 Å². The van der Waals surface area contributed by atoms with E-state index in [1.165, 1.54) is 0 Å². The van der Waals surface area contributed by atoms with E-state index in [2.05, 4.69) is 34.9 Å². The molecule has 0 radical (unpaired) electrons. The van der Waals surface area contributed by atoms with Gasteiger partial charge in [0.2, 0.25) is 0 Å². The molecule has 0 aromatic carbocycles. The molecule has 0 saturated carbocycles. The minimum atomic E-state index is 0.505. The zero-order valence-electron chi connectivity index (χ0n) is 9.59. The van der Waals surface area contributed by atoms with Crippen molar-refractivity contribution in [2.45, 2.75) is 26.2 Å². The predicted octanol–water partition coefficient (Wildman–Crippen LogP) is 3.05. The van der Waals surface area contributed by atoms with Crippen LogP contribution in [-0.4, -0.2) is 15.0 Å². The SMILES string of the molecule is CCC(C)c1ccc(-c2ncccn2)cn1. The Bertz CT molecular complexity index is 436. The third-order valence-corrected chi connectivity index (χ3v) is 2.73. The van der Waals surface area contributed by atoms with E-state index >= 15 is 0 Å². The second-order valence-electron chi connectivity index (χ2n) is 3.85. The Morgan fingerprint density at radius 3 is 2.44 bits per heavy atom. The van der Waals surface area contributed by atoms with E-state index in [4.69, 9.17) is 0 Å². The van der Waals surface area contributed by atoms with Crippen molar-refractivity contribution in [1.82, 2.24) is 15.0 Å². The van der Waals surface area contributed by atoms with Gasteiger partial charge in [0.05, 0.1) is 0 Å². The molecule has 0 aliphatic carbocycles. The first-order valence-corrected chi connectivity index (χ1v) is 5.54. The molecule has 1 atom stereocenters. The van der Waals surface area contributed by atoms with Crippen molar-refractivity contribution in [3.8, 4) is 11.4 Å². The Morgan fingerprint density at radius 2 is 1.88 bits per heavy atom. The van der Waals surface area contributed by atoms with Crippen LogP contribution in [0.4, 0.5) is 0 Å². The smallest absolute Gasteiger partial charge is 0.160 e. The van der Waals surface area contributed by atoms with E-state index in [9.17, 15) is 0 Å². The molecule has 0 N–H and O–H groups in total. The standard InChI is InChI=1S/C13H15N3/c1-3-10(2)12-6-5-11(9-16-12)13-14-7-4-8-15-13/h4-10H,3H2,1-2H3. The molecule has 0 aliphatic rings. The van der Waals surface area contributed by atoms with Crippen molar-refractivity contribution < 1.29 is 0 Å². The Hall–Kier alpha value is -1.77. The predicted molar refractivity (Wildman–Crippen MR) is 64.0 cm³/mol. The van der Waals surface area contributed by atoms with Gasteiger partial charge in [0.25, 0.3) is 0 Å². The Kier molecular flexibility index (Phi) is 3.25. The molecule has 2 aromatic heterocycles. The molecule has 2 aromatic rings. The van der Waals surface area contributed by atoms with Crippen LogP contribution in [0.25, 0.3) is 11.4 Å². The van der Waals surface area contributed by atoms with Crippen LogP contribution in [0.5, 0.6) is 0 Å². The first-order valence-electron chi connectivity index (χ1n) is 5.54. The summed E-state index contributed by atoms with van der Waals surface area (Å²) in [7, 11) is 0. The van der Waals surface area contributed by atoms with Crippen LogP contribution in [0.1, 0.15) is 31.9 Å². The highest BCUT2D eigenvalue weighted by atomic mass is 14.9. The largest absolute Gasteiger partial charge is 0.260 e. The molecule has 3 nitrogen and oxygen atoms in total. The molecule has 2 rings (SSSR count). The van der Waals surface area contributed by atoms with Gasteiger partial charge in [0, 0.05) is 29.8 Å². The van der Waals surface area contributed by atoms with Gasteiger partial charge in [-0.05, 0) is 30.5 Å². The van der Waals surface area contributed by atoms with Gasteiger partial charge in [-0.1, -0.05) is 13.8 Å². The lowest BCUT2D eigenvalue weighted by molar-refractivity contribution is 0.708. The van der Waals surface area contributed by atoms with E-state index in [1.807, 2.05) is 18.3 Å². The third-order valence-electron chi connectivity index (χ3n) is 2.73. The average molecular weight is 213 g/mol. The second kappa shape index (κ2) is 4.84. The van der Waals surface area contributed by atoms with E-state index in [1.54, 1.807) is 12.4 Å². The normalized spacial score (nSPS) is 12.4. The topological polar surface area (TPSA) is 38.7 Å². The summed E-state index contributed by atoms with van der Waals surface area (Å²) in [5.41, 5.74) is 2.09. The number of pyridine rings is 1. The van der Waals surface area contributed by atoms with E-state index in [0.717, 1.165) is 23.5 Å². The van der Waals surface area contributed by atoms with Crippen molar-refractivity contribution in [3.05, 3.63) is 42.5 Å². The molecular formula is C13H15N3. The molecule has 0 spiro atoms. The van der Waals surface area contributed by atoms with Crippen molar-refractivity contribution in [3.63, 3.8) is 0 Å². The quantitative estimate of drug-likeness (QED) is 0.786. The number of aromatic nitrogens is 3. The van der Waals surface area contributed by atoms with Crippen molar-refractivity contribution in [2.75, 3.05) is 0 Å². The summed E-state index contributed by atoms with van der Waals surface area (Å²) >= 11 is 0. The molecular weight excluding hydrogens is 198 g/mol. The second-order valence-corrected chi connectivity index (χ2v) is 3.85. The lowest BCUT2D eigenvalue weighted by Crippen LogP contribution is -1.96. The lowest BCUT2D eigenvalue weighted by atomic mass is 10.0. The molecule has 0 fully saturated rings. The summed E-state index contributed by atoms with van der Waals surface area (Å²) in [5.74, 6) is 1.23. The molecule has 16 heavy (non-hydrogen) atoms. The zero-order chi connectivity index (χ0) is 11.4. The summed E-state index contributed by atoms with van der Waals surface area (Å²) in [6.45, 7) is 4.35. The summed E-state index contributed by atoms with van der Waals surface area (Å²) in [5, 5.41) is 0. The first-order chi connectivity index (χ1) is 7.81. The highest BCUT2D eigenvalue weighted by Crippen LogP contribution is 2.19. The number of hydrogen-bond acceptors (Lipinski definition) is 3. The fourth-order valence-corrected chi connectivity index (χ4v) is 1.49. The minimum Gasteiger partial charge on any atom is -0.260 e. The summed E-state index contributed by atoms with van der Waals surface area (Å²) < 4.78 is 0. The van der Waals surface area contributed by atoms with Gasteiger partial charge in [-0.2, -0.15) is 0 Å². The van der Waals surface area contributed by atoms with Crippen LogP contribution in [0, 0.1) is 0 Å². The number of hydrogen-bond donors (Lipinski definition) is 0. The van der Waals surface area contributed by atoms with Gasteiger partial charge in [0.1, 0.15) is 0 Å². The molecule has 1 unspecified atom stereocenters. The molecule has 0 aliphatic heterocycles. The zero-order valence-corrected chi connectivity index (χ0v) is 9.59. The van der Waals surface area contributed by atoms with E-state index in [-0.39, 0.29) is 0 Å². The molecule has 0 amide bonds. The average Bonchev–Trinajstić information content (AvgIpc) is 2.39. The van der Waals surface area contributed by atoms with Crippen LogP contribution in [0.2, 0.25) is 0 Å². The molecule has 82 valence electrons. The maximum absolute atomic E-state index is 4.45. The lowest BCUT2D eigenvalue weighted by Gasteiger charge is -2.07. The summed E-state index contributed by atoms with van der Waals surface area (Å²) in [6.07, 6.45) is 6.43. The maximum atomic E-state index is 4.45. The third kappa shape index (κ3) is 2.24. The molecule has 2 heterocycles. The highest BCUT2D eigenvalue weighted by Gasteiger charge is 2.05. The fourth-order valence-electron chi connectivity index (χ4n) is 1.49. The number of rotatable bonds is 3. The van der Waals surface area contributed by atoms with Crippen LogP contribution < -0.4 is 0 Å². The van der Waals surface area contributed by atoms with Gasteiger partial charge in [-0.3, -0.25) is 4.98 Å². The summed E-state index contributed by atoms with van der Waals surface area (Å²) in [4.78, 5) is 12.8. The molecule has 3 heteroatoms. The Balaban J connectivity index is 2.26. The van der Waals surface area contributed by atoms with Gasteiger partial charge in [-0.25, -0.2) is 9.97 Å². The van der Waals surface area contributed by atoms with Crippen molar-refractivity contribution >= 4 is 0 Å². The van der Waals surface area contributed by atoms with E-state index in [0.29, 0.717) is 5.92 Å². The van der Waals surface area contributed by atoms with Gasteiger partial charge >= 0.3 is 0 Å². The van der Waals surface area contributed by atoms with Crippen molar-refractivity contribution in [1.29, 1.82) is 0 Å². The fraction of sp³-hybridized carbons (Fsp3) is 0.308. The van der Waals surface area contributed by atoms with Crippen molar-refractivity contribution in [2.24, 2.45) is 0 Å². The molecule has 0 bridgehead atoms. The van der Waals surface area contributed by atoms with Crippen LogP contribution >= 0.6 is 0 Å². The number of nitrogens with zero attached hydrogens (tertiary/aromatic N) is 3. The first kappa shape index (κ1) is 10.7. The van der Waals surface area contributed by atoms with Crippen LogP contribution in [0.15, 0.2) is 36.8 Å². The van der Waals surface area contributed by atoms with Gasteiger partial charge in [0.15, 0.2) is 5.82 Å². The van der Waals surface area contributed by atoms with Gasteiger partial charge < -0.3 is 0 Å². The van der Waals surface area contributed by atoms with Crippen LogP contribution in [0.3, 0.4) is 0 Å². The monoisotopic (exact) mass is 213 g/mol. The highest BCUT2D eigenvalue weighted by molar-refractivity contribution is 5.52.